The van der Waals surface area contributed by atoms with Crippen molar-refractivity contribution in [3.8, 4) is 11.5 Å². The average molecular weight is 613 g/mol. The number of benzene rings is 3. The number of rotatable bonds is 7. The Balaban J connectivity index is 1.33. The largest absolute Gasteiger partial charge is 0.493 e. The number of ether oxygens (including phenoxy) is 2. The van der Waals surface area contributed by atoms with Gasteiger partial charge in [0.2, 0.25) is 5.91 Å². The van der Waals surface area contributed by atoms with Crippen LogP contribution >= 0.6 is 24.0 Å². The molecular formula is C30H23F3N2O5S2. The SMILES string of the molecule is COc1cc(/C=C2\SC(=S)N(C3CC(=O)N(c4cccc(C(F)(F)F)c4)C3=O)C2=O)ccc1OCc1ccc(C)cc1. The molecule has 2 aliphatic rings. The number of alkyl halides is 3. The van der Waals surface area contributed by atoms with Gasteiger partial charge in [-0.05, 0) is 54.5 Å². The first kappa shape index (κ1) is 29.3. The van der Waals surface area contributed by atoms with Crippen molar-refractivity contribution in [3.05, 3.63) is 93.9 Å². The number of nitrogens with zero attached hydrogens (tertiary/aromatic N) is 2. The molecule has 5 rings (SSSR count). The molecule has 3 amide bonds. The standard InChI is InChI=1S/C30H23F3N2O5S2/c1-17-6-8-18(9-7-17)16-40-23-11-10-19(12-24(23)39-2)13-25-28(38)35(29(41)42-25)22-15-26(36)34(27(22)37)21-5-3-4-20(14-21)30(31,32)33/h3-14,22H,15-16H2,1-2H3/b25-13-. The van der Waals surface area contributed by atoms with Gasteiger partial charge in [-0.3, -0.25) is 19.3 Å². The van der Waals surface area contributed by atoms with Gasteiger partial charge in [0.15, 0.2) is 11.5 Å². The molecule has 1 atom stereocenters. The predicted molar refractivity (Wildman–Crippen MR) is 156 cm³/mol. The van der Waals surface area contributed by atoms with E-state index < -0.39 is 41.9 Å². The van der Waals surface area contributed by atoms with Crippen molar-refractivity contribution in [2.24, 2.45) is 0 Å². The zero-order valence-corrected chi connectivity index (χ0v) is 23.9. The number of hydrogen-bond donors (Lipinski definition) is 0. The highest BCUT2D eigenvalue weighted by atomic mass is 32.2. The van der Waals surface area contributed by atoms with Crippen molar-refractivity contribution in [1.82, 2.24) is 4.90 Å². The zero-order chi connectivity index (χ0) is 30.2. The number of aryl methyl sites for hydroxylation is 1. The van der Waals surface area contributed by atoms with Crippen LogP contribution in [0.1, 0.15) is 28.7 Å². The fourth-order valence-corrected chi connectivity index (χ4v) is 5.91. The predicted octanol–water partition coefficient (Wildman–Crippen LogP) is 6.13. The van der Waals surface area contributed by atoms with E-state index in [1.807, 2.05) is 31.2 Å². The second-order valence-corrected chi connectivity index (χ2v) is 11.2. The third kappa shape index (κ3) is 5.90. The van der Waals surface area contributed by atoms with Crippen molar-refractivity contribution in [1.29, 1.82) is 0 Å². The van der Waals surface area contributed by atoms with Gasteiger partial charge in [-0.15, -0.1) is 0 Å². The summed E-state index contributed by atoms with van der Waals surface area (Å²) in [6.45, 7) is 2.33. The minimum Gasteiger partial charge on any atom is -0.493 e. The molecule has 0 radical (unpaired) electrons. The minimum absolute atomic E-state index is 0.0632. The average Bonchev–Trinajstić information content (AvgIpc) is 3.40. The van der Waals surface area contributed by atoms with Crippen LogP contribution in [-0.4, -0.2) is 40.1 Å². The monoisotopic (exact) mass is 612 g/mol. The second kappa shape index (κ2) is 11.6. The quantitative estimate of drug-likeness (QED) is 0.180. The molecule has 7 nitrogen and oxygen atoms in total. The lowest BCUT2D eigenvalue weighted by Gasteiger charge is -2.21. The van der Waals surface area contributed by atoms with Crippen molar-refractivity contribution >= 4 is 57.8 Å². The first-order chi connectivity index (χ1) is 20.0. The Hall–Kier alpha value is -4.16. The molecule has 0 N–H and O–H groups in total. The van der Waals surface area contributed by atoms with Crippen LogP contribution in [0.15, 0.2) is 71.6 Å². The zero-order valence-electron chi connectivity index (χ0n) is 22.3. The van der Waals surface area contributed by atoms with Crippen LogP contribution < -0.4 is 14.4 Å². The number of halogens is 3. The summed E-state index contributed by atoms with van der Waals surface area (Å²) in [5.74, 6) is -1.19. The molecule has 0 bridgehead atoms. The molecule has 1 unspecified atom stereocenters. The highest BCUT2D eigenvalue weighted by Crippen LogP contribution is 2.39. The molecule has 2 aliphatic heterocycles. The summed E-state index contributed by atoms with van der Waals surface area (Å²) < 4.78 is 51.1. The molecule has 3 aromatic carbocycles. The molecule has 0 aliphatic carbocycles. The van der Waals surface area contributed by atoms with Gasteiger partial charge in [0.1, 0.15) is 17.0 Å². The topological polar surface area (TPSA) is 76.2 Å². The van der Waals surface area contributed by atoms with E-state index in [0.29, 0.717) is 28.6 Å². The van der Waals surface area contributed by atoms with Crippen LogP contribution in [0.25, 0.3) is 6.08 Å². The smallest absolute Gasteiger partial charge is 0.416 e. The Morgan fingerprint density at radius 2 is 1.76 bits per heavy atom. The maximum atomic E-state index is 13.4. The van der Waals surface area contributed by atoms with Crippen molar-refractivity contribution in [2.45, 2.75) is 32.2 Å². The molecule has 12 heteroatoms. The molecule has 2 heterocycles. The third-order valence-corrected chi connectivity index (χ3v) is 8.02. The first-order valence-electron chi connectivity index (χ1n) is 12.6. The van der Waals surface area contributed by atoms with E-state index in [1.54, 1.807) is 24.3 Å². The normalized spacial score (nSPS) is 18.4. The fourth-order valence-electron chi connectivity index (χ4n) is 4.55. The second-order valence-electron chi connectivity index (χ2n) is 9.57. The third-order valence-electron chi connectivity index (χ3n) is 6.69. The molecule has 2 saturated heterocycles. The first-order valence-corrected chi connectivity index (χ1v) is 13.9. The van der Waals surface area contributed by atoms with Crippen molar-refractivity contribution in [3.63, 3.8) is 0 Å². The van der Waals surface area contributed by atoms with Crippen molar-refractivity contribution < 1.29 is 37.0 Å². The molecule has 3 aromatic rings. The van der Waals surface area contributed by atoms with E-state index in [2.05, 4.69) is 0 Å². The molecule has 0 aromatic heterocycles. The molecule has 0 spiro atoms. The number of imide groups is 1. The summed E-state index contributed by atoms with van der Waals surface area (Å²) in [6, 6.07) is 15.7. The van der Waals surface area contributed by atoms with E-state index in [0.717, 1.165) is 46.0 Å². The van der Waals surface area contributed by atoms with Gasteiger partial charge in [-0.25, -0.2) is 4.90 Å². The highest BCUT2D eigenvalue weighted by molar-refractivity contribution is 8.26. The van der Waals surface area contributed by atoms with Crippen LogP contribution in [0.3, 0.4) is 0 Å². The van der Waals surface area contributed by atoms with E-state index in [9.17, 15) is 27.6 Å². The van der Waals surface area contributed by atoms with Gasteiger partial charge in [0.05, 0.1) is 29.7 Å². The molecular weight excluding hydrogens is 589 g/mol. The Morgan fingerprint density at radius 1 is 1.02 bits per heavy atom. The molecule has 0 saturated carbocycles. The van der Waals surface area contributed by atoms with Gasteiger partial charge >= 0.3 is 6.18 Å². The van der Waals surface area contributed by atoms with Gasteiger partial charge in [-0.1, -0.05) is 65.9 Å². The summed E-state index contributed by atoms with van der Waals surface area (Å²) in [4.78, 5) is 41.3. The number of carbonyl (C=O) groups excluding carboxylic acids is 3. The van der Waals surface area contributed by atoms with Gasteiger partial charge in [0, 0.05) is 0 Å². The summed E-state index contributed by atoms with van der Waals surface area (Å²) in [7, 11) is 1.50. The lowest BCUT2D eigenvalue weighted by molar-refractivity contribution is -0.137. The number of carbonyl (C=O) groups is 3. The van der Waals surface area contributed by atoms with E-state index in [4.69, 9.17) is 21.7 Å². The maximum Gasteiger partial charge on any atom is 0.416 e. The Morgan fingerprint density at radius 3 is 2.45 bits per heavy atom. The highest BCUT2D eigenvalue weighted by Gasteiger charge is 2.49. The number of thioether (sulfide) groups is 1. The van der Waals surface area contributed by atoms with Crippen LogP contribution in [0.2, 0.25) is 0 Å². The Bertz CT molecular complexity index is 1620. The summed E-state index contributed by atoms with van der Waals surface area (Å²) >= 11 is 6.34. The number of anilines is 1. The van der Waals surface area contributed by atoms with E-state index in [-0.39, 0.29) is 14.9 Å². The number of amides is 3. The minimum atomic E-state index is -4.65. The summed E-state index contributed by atoms with van der Waals surface area (Å²) in [5, 5.41) is 0. The number of hydrogen-bond acceptors (Lipinski definition) is 7. The van der Waals surface area contributed by atoms with Crippen molar-refractivity contribution in [2.75, 3.05) is 12.0 Å². The fraction of sp³-hybridized carbons (Fsp3) is 0.200. The maximum absolute atomic E-state index is 13.4. The number of thiocarbonyl (C=S) groups is 1. The van der Waals surface area contributed by atoms with Gasteiger partial charge < -0.3 is 9.47 Å². The van der Waals surface area contributed by atoms with Gasteiger partial charge in [-0.2, -0.15) is 13.2 Å². The Labute approximate surface area is 248 Å². The van der Waals surface area contributed by atoms with E-state index in [1.165, 1.54) is 13.2 Å². The van der Waals surface area contributed by atoms with Gasteiger partial charge in [0.25, 0.3) is 11.8 Å². The van der Waals surface area contributed by atoms with Crippen LogP contribution in [-0.2, 0) is 27.2 Å². The summed E-state index contributed by atoms with van der Waals surface area (Å²) in [5.41, 5.74) is 1.51. The Kier molecular flexibility index (Phi) is 8.11. The van der Waals surface area contributed by atoms with Crippen LogP contribution in [0, 0.1) is 6.92 Å². The van der Waals surface area contributed by atoms with Crippen LogP contribution in [0.5, 0.6) is 11.5 Å². The lowest BCUT2D eigenvalue weighted by atomic mass is 10.1. The summed E-state index contributed by atoms with van der Waals surface area (Å²) in [6.07, 6.45) is -3.48. The molecule has 2 fully saturated rings. The molecule has 216 valence electrons. The molecule has 42 heavy (non-hydrogen) atoms. The van der Waals surface area contributed by atoms with Crippen LogP contribution in [0.4, 0.5) is 18.9 Å². The van der Waals surface area contributed by atoms with E-state index >= 15 is 0 Å². The number of methoxy groups -OCH3 is 1. The lowest BCUT2D eigenvalue weighted by Crippen LogP contribution is -2.44.